The summed E-state index contributed by atoms with van der Waals surface area (Å²) in [5, 5.41) is 12.5. The first-order chi connectivity index (χ1) is 14.8. The van der Waals surface area contributed by atoms with Gasteiger partial charge in [-0.2, -0.15) is 0 Å². The van der Waals surface area contributed by atoms with Gasteiger partial charge in [-0.25, -0.2) is 18.4 Å². The van der Waals surface area contributed by atoms with Crippen molar-refractivity contribution in [1.82, 2.24) is 5.32 Å². The lowest BCUT2D eigenvalue weighted by Crippen LogP contribution is -2.53. The zero-order chi connectivity index (χ0) is 24.1. The second-order valence-corrected chi connectivity index (χ2v) is 7.85. The molecule has 1 unspecified atom stereocenters. The Kier molecular flexibility index (Phi) is 8.19. The van der Waals surface area contributed by atoms with E-state index in [0.717, 1.165) is 0 Å². The zero-order valence-electron chi connectivity index (χ0n) is 18.3. The molecule has 1 amide bonds. The van der Waals surface area contributed by atoms with Gasteiger partial charge in [0, 0.05) is 6.61 Å². The first kappa shape index (κ1) is 25.5. The molecule has 1 atom stereocenters. The average Bonchev–Trinajstić information content (AvgIpc) is 2.66. The van der Waals surface area contributed by atoms with Gasteiger partial charge in [-0.05, 0) is 45.7 Å². The minimum absolute atomic E-state index is 0.0253. The number of para-hydroxylation sites is 1. The monoisotopic (exact) mass is 457 g/mol. The quantitative estimate of drug-likeness (QED) is 0.326. The molecule has 9 nitrogen and oxygen atoms in total. The fourth-order valence-electron chi connectivity index (χ4n) is 3.06. The van der Waals surface area contributed by atoms with Crippen LogP contribution in [0, 0.1) is 0 Å². The van der Waals surface area contributed by atoms with Crippen LogP contribution in [0.15, 0.2) is 18.2 Å². The van der Waals surface area contributed by atoms with Crippen LogP contribution >= 0.6 is 0 Å². The number of halogens is 2. The molecular weight excluding hydrogens is 431 g/mol. The molecule has 2 rings (SSSR count). The van der Waals surface area contributed by atoms with Crippen molar-refractivity contribution in [3.8, 4) is 5.75 Å². The van der Waals surface area contributed by atoms with Crippen molar-refractivity contribution in [3.05, 3.63) is 29.3 Å². The van der Waals surface area contributed by atoms with Gasteiger partial charge in [-0.3, -0.25) is 4.79 Å². The minimum atomic E-state index is -3.19. The highest BCUT2D eigenvalue weighted by Gasteiger charge is 2.39. The van der Waals surface area contributed by atoms with E-state index < -0.39 is 55.6 Å². The van der Waals surface area contributed by atoms with E-state index in [1.54, 1.807) is 13.0 Å². The van der Waals surface area contributed by atoms with Gasteiger partial charge in [0.25, 0.3) is 5.92 Å². The maximum absolute atomic E-state index is 13.0. The van der Waals surface area contributed by atoms with E-state index in [2.05, 4.69) is 5.32 Å². The largest absolute Gasteiger partial charge is 0.547 e. The summed E-state index contributed by atoms with van der Waals surface area (Å²) in [5.41, 5.74) is -0.791. The number of alkyl halides is 2. The average molecular weight is 457 g/mol. The molecule has 0 aliphatic carbocycles. The Labute approximate surface area is 184 Å². The lowest BCUT2D eigenvalue weighted by molar-refractivity contribution is -0.175. The van der Waals surface area contributed by atoms with Crippen LogP contribution in [-0.4, -0.2) is 60.9 Å². The molecule has 0 saturated carbocycles. The summed E-state index contributed by atoms with van der Waals surface area (Å²) in [6.07, 6.45) is -0.996. The highest BCUT2D eigenvalue weighted by molar-refractivity contribution is 6.47. The van der Waals surface area contributed by atoms with Crippen LogP contribution in [0.4, 0.5) is 8.78 Å². The van der Waals surface area contributed by atoms with Crippen molar-refractivity contribution in [2.45, 2.75) is 58.0 Å². The van der Waals surface area contributed by atoms with Crippen LogP contribution < -0.4 is 9.97 Å². The Morgan fingerprint density at radius 2 is 1.94 bits per heavy atom. The van der Waals surface area contributed by atoms with E-state index in [0.29, 0.717) is 19.1 Å². The van der Waals surface area contributed by atoms with Crippen molar-refractivity contribution in [3.63, 3.8) is 0 Å². The third kappa shape index (κ3) is 6.89. The summed E-state index contributed by atoms with van der Waals surface area (Å²) in [4.78, 5) is 36.2. The second kappa shape index (κ2) is 10.3. The molecule has 176 valence electrons. The first-order valence-corrected chi connectivity index (χ1v) is 9.96. The van der Waals surface area contributed by atoms with Gasteiger partial charge in [0.1, 0.15) is 11.3 Å². The summed E-state index contributed by atoms with van der Waals surface area (Å²) < 4.78 is 46.5. The number of esters is 2. The molecule has 0 radical (unpaired) electrons. The van der Waals surface area contributed by atoms with Gasteiger partial charge in [-0.1, -0.05) is 12.1 Å². The van der Waals surface area contributed by atoms with Crippen LogP contribution in [0.2, 0.25) is 0 Å². The predicted molar refractivity (Wildman–Crippen MR) is 108 cm³/mol. The minimum Gasteiger partial charge on any atom is -0.534 e. The number of fused-ring (bicyclic) bond motifs is 1. The van der Waals surface area contributed by atoms with Gasteiger partial charge in [-0.15, -0.1) is 0 Å². The number of ether oxygens (including phenoxy) is 3. The molecular formula is C20H26BF2NO8. The number of benzene rings is 1. The molecule has 1 aromatic rings. The van der Waals surface area contributed by atoms with Crippen LogP contribution in [0.5, 0.6) is 5.75 Å². The number of carbonyl (C=O) groups is 3. The summed E-state index contributed by atoms with van der Waals surface area (Å²) >= 11 is 0. The highest BCUT2D eigenvalue weighted by atomic mass is 19.3. The van der Waals surface area contributed by atoms with Gasteiger partial charge >= 0.3 is 19.1 Å². The van der Waals surface area contributed by atoms with E-state index >= 15 is 0 Å². The van der Waals surface area contributed by atoms with Crippen molar-refractivity contribution in [2.24, 2.45) is 0 Å². The summed E-state index contributed by atoms with van der Waals surface area (Å²) in [7, 11) is -1.57. The molecule has 1 aliphatic rings. The lowest BCUT2D eigenvalue weighted by atomic mass is 9.72. The van der Waals surface area contributed by atoms with Crippen molar-refractivity contribution < 1.29 is 47.1 Å². The Bertz CT molecular complexity index is 858. The molecule has 2 N–H and O–H groups in total. The number of hydrogen-bond acceptors (Lipinski definition) is 8. The maximum atomic E-state index is 13.0. The number of hydrogen-bond donors (Lipinski definition) is 2. The van der Waals surface area contributed by atoms with E-state index in [-0.39, 0.29) is 17.7 Å². The molecule has 0 fully saturated rings. The van der Waals surface area contributed by atoms with Crippen LogP contribution in [0.1, 0.15) is 50.0 Å². The molecule has 0 bridgehead atoms. The van der Waals surface area contributed by atoms with E-state index in [4.69, 9.17) is 18.9 Å². The van der Waals surface area contributed by atoms with Crippen molar-refractivity contribution in [2.75, 3.05) is 13.4 Å². The smallest absolute Gasteiger partial charge is 0.534 e. The maximum Gasteiger partial charge on any atom is 0.547 e. The normalized spacial score (nSPS) is 16.0. The van der Waals surface area contributed by atoms with Gasteiger partial charge in [0.2, 0.25) is 12.7 Å². The third-order valence-electron chi connectivity index (χ3n) is 4.53. The topological polar surface area (TPSA) is 120 Å². The third-order valence-corrected chi connectivity index (χ3v) is 4.53. The standard InChI is InChI=1S/C20H26BF2NO8/c1-5-31-19(2,3)18(27)30-11-29-17(26)13-8-6-7-12-9-14(21(28)32-16(12)13)24-15(25)10-20(4,22)23/h6-8,14,28H,5,9-11H2,1-4H3,(H,24,25). The Balaban J connectivity index is 2.01. The van der Waals surface area contributed by atoms with Gasteiger partial charge in [0.15, 0.2) is 5.60 Å². The second-order valence-electron chi connectivity index (χ2n) is 7.85. The lowest BCUT2D eigenvalue weighted by Gasteiger charge is -2.29. The summed E-state index contributed by atoms with van der Waals surface area (Å²) in [5.74, 6) is -6.68. The van der Waals surface area contributed by atoms with Crippen molar-refractivity contribution in [1.29, 1.82) is 0 Å². The predicted octanol–water partition coefficient (Wildman–Crippen LogP) is 1.64. The van der Waals surface area contributed by atoms with Crippen LogP contribution in [0.25, 0.3) is 0 Å². The Morgan fingerprint density at radius 1 is 1.25 bits per heavy atom. The number of amides is 1. The summed E-state index contributed by atoms with van der Waals surface area (Å²) in [6, 6.07) is 4.51. The molecule has 0 saturated heterocycles. The molecule has 1 aromatic carbocycles. The number of rotatable bonds is 9. The molecule has 0 aromatic heterocycles. The zero-order valence-corrected chi connectivity index (χ0v) is 18.3. The van der Waals surface area contributed by atoms with E-state index in [9.17, 15) is 28.2 Å². The number of carbonyl (C=O) groups excluding carboxylic acids is 3. The first-order valence-electron chi connectivity index (χ1n) is 9.96. The fourth-order valence-corrected chi connectivity index (χ4v) is 3.06. The van der Waals surface area contributed by atoms with Crippen molar-refractivity contribution >= 4 is 25.0 Å². The SMILES string of the molecule is CCOC(C)(C)C(=O)OCOC(=O)c1cccc2c1OB(O)C(NC(=O)CC(C)(F)F)C2. The van der Waals surface area contributed by atoms with Crippen LogP contribution in [-0.2, 0) is 30.2 Å². The van der Waals surface area contributed by atoms with E-state index in [1.165, 1.54) is 26.0 Å². The molecule has 0 spiro atoms. The Hall–Kier alpha value is -2.73. The van der Waals surface area contributed by atoms with Gasteiger partial charge in [0.05, 0.1) is 12.4 Å². The fraction of sp³-hybridized carbons (Fsp3) is 0.550. The molecule has 1 aliphatic heterocycles. The Morgan fingerprint density at radius 3 is 2.56 bits per heavy atom. The van der Waals surface area contributed by atoms with E-state index in [1.807, 2.05) is 0 Å². The summed E-state index contributed by atoms with van der Waals surface area (Å²) in [6.45, 7) is 4.99. The van der Waals surface area contributed by atoms with Gasteiger partial charge < -0.3 is 29.2 Å². The number of nitrogens with one attached hydrogen (secondary N) is 1. The van der Waals surface area contributed by atoms with Crippen LogP contribution in [0.3, 0.4) is 0 Å². The molecule has 1 heterocycles. The molecule has 32 heavy (non-hydrogen) atoms. The molecule has 12 heteroatoms. The highest BCUT2D eigenvalue weighted by Crippen LogP contribution is 2.31.